The number of benzene rings is 2. The van der Waals surface area contributed by atoms with Crippen molar-refractivity contribution in [1.29, 1.82) is 0 Å². The lowest BCUT2D eigenvalue weighted by Gasteiger charge is -2.12. The summed E-state index contributed by atoms with van der Waals surface area (Å²) < 4.78 is 44.0. The van der Waals surface area contributed by atoms with E-state index >= 15 is 0 Å². The summed E-state index contributed by atoms with van der Waals surface area (Å²) in [5.74, 6) is 0.236. The van der Waals surface area contributed by atoms with Crippen molar-refractivity contribution in [3.05, 3.63) is 58.1 Å². The molecule has 2 aromatic rings. The summed E-state index contributed by atoms with van der Waals surface area (Å²) in [7, 11) is 0. The molecule has 2 rings (SSSR count). The largest absolute Gasteiger partial charge is 0.493 e. The van der Waals surface area contributed by atoms with Crippen molar-refractivity contribution in [3.63, 3.8) is 0 Å². The number of carbonyl (C=O) groups is 1. The summed E-state index contributed by atoms with van der Waals surface area (Å²) in [6, 6.07) is 8.96. The van der Waals surface area contributed by atoms with Crippen molar-refractivity contribution in [2.45, 2.75) is 26.4 Å². The number of rotatable bonds is 5. The number of anilines is 1. The van der Waals surface area contributed by atoms with Gasteiger partial charge >= 0.3 is 6.18 Å². The Bertz CT molecular complexity index is 775. The lowest BCUT2D eigenvalue weighted by Crippen LogP contribution is -2.16. The Morgan fingerprint density at radius 2 is 1.88 bits per heavy atom. The second-order valence-electron chi connectivity index (χ2n) is 5.61. The van der Waals surface area contributed by atoms with Crippen LogP contribution in [0.4, 0.5) is 18.9 Å². The van der Waals surface area contributed by atoms with Crippen LogP contribution in [0.2, 0.25) is 5.02 Å². The summed E-state index contributed by atoms with van der Waals surface area (Å²) in [5.41, 5.74) is 1.02. The van der Waals surface area contributed by atoms with Gasteiger partial charge in [0.05, 0.1) is 23.6 Å². The number of carbonyl (C=O) groups excluding carboxylic acids is 1. The van der Waals surface area contributed by atoms with Gasteiger partial charge in [-0.3, -0.25) is 4.79 Å². The smallest absolute Gasteiger partial charge is 0.417 e. The minimum Gasteiger partial charge on any atom is -0.493 e. The second-order valence-corrected chi connectivity index (χ2v) is 6.02. The summed E-state index contributed by atoms with van der Waals surface area (Å²) in [6.45, 7) is 3.94. The number of ether oxygens (including phenoxy) is 1. The predicted octanol–water partition coefficient (Wildman–Crippen LogP) is 5.38. The molecule has 7 heteroatoms. The molecule has 0 unspecified atom stereocenters. The molecule has 0 saturated heterocycles. The number of aryl methyl sites for hydroxylation is 2. The van der Waals surface area contributed by atoms with Crippen LogP contribution >= 0.6 is 11.6 Å². The molecule has 1 amide bonds. The number of nitrogens with one attached hydrogen (secondary N) is 1. The maximum atomic E-state index is 12.8. The van der Waals surface area contributed by atoms with E-state index in [4.69, 9.17) is 16.3 Å². The third-order valence-corrected chi connectivity index (χ3v) is 3.82. The van der Waals surface area contributed by atoms with Crippen molar-refractivity contribution in [2.24, 2.45) is 0 Å². The molecule has 134 valence electrons. The first-order chi connectivity index (χ1) is 11.7. The Kier molecular flexibility index (Phi) is 5.95. The average Bonchev–Trinajstić information content (AvgIpc) is 2.51. The molecular weight excluding hydrogens is 355 g/mol. The molecule has 0 aliphatic heterocycles. The SMILES string of the molecule is Cc1ccc(C)c(OCCC(=O)Nc2ccc(Cl)c(C(F)(F)F)c2)c1. The molecular formula is C18H17ClF3NO2. The standard InChI is InChI=1S/C18H17ClF3NO2/c1-11-3-4-12(2)16(9-11)25-8-7-17(24)23-13-5-6-15(19)14(10-13)18(20,21)22/h3-6,9-10H,7-8H2,1-2H3,(H,23,24). The van der Waals surface area contributed by atoms with Crippen LogP contribution in [0.3, 0.4) is 0 Å². The van der Waals surface area contributed by atoms with Crippen LogP contribution < -0.4 is 10.1 Å². The maximum Gasteiger partial charge on any atom is 0.417 e. The highest BCUT2D eigenvalue weighted by molar-refractivity contribution is 6.31. The molecule has 1 N–H and O–H groups in total. The van der Waals surface area contributed by atoms with Gasteiger partial charge in [0.25, 0.3) is 0 Å². The molecule has 0 aromatic heterocycles. The average molecular weight is 372 g/mol. The van der Waals surface area contributed by atoms with Gasteiger partial charge in [-0.05, 0) is 49.2 Å². The van der Waals surface area contributed by atoms with Crippen LogP contribution in [0, 0.1) is 13.8 Å². The highest BCUT2D eigenvalue weighted by Gasteiger charge is 2.33. The van der Waals surface area contributed by atoms with Gasteiger partial charge in [0.2, 0.25) is 5.91 Å². The van der Waals surface area contributed by atoms with Crippen molar-refractivity contribution in [3.8, 4) is 5.75 Å². The zero-order valence-electron chi connectivity index (χ0n) is 13.7. The molecule has 0 atom stereocenters. The van der Waals surface area contributed by atoms with E-state index in [2.05, 4.69) is 5.32 Å². The Labute approximate surface area is 148 Å². The first kappa shape index (κ1) is 19.1. The van der Waals surface area contributed by atoms with E-state index in [0.29, 0.717) is 5.75 Å². The quantitative estimate of drug-likeness (QED) is 0.766. The van der Waals surface area contributed by atoms with Crippen LogP contribution in [0.25, 0.3) is 0 Å². The number of hydrogen-bond acceptors (Lipinski definition) is 2. The molecule has 0 fully saturated rings. The van der Waals surface area contributed by atoms with Crippen LogP contribution in [0.15, 0.2) is 36.4 Å². The number of amides is 1. The van der Waals surface area contributed by atoms with Crippen LogP contribution in [-0.2, 0) is 11.0 Å². The Morgan fingerprint density at radius 1 is 1.16 bits per heavy atom. The molecule has 25 heavy (non-hydrogen) atoms. The van der Waals surface area contributed by atoms with Gasteiger partial charge in [0.15, 0.2) is 0 Å². The monoisotopic (exact) mass is 371 g/mol. The van der Waals surface area contributed by atoms with E-state index in [1.165, 1.54) is 6.07 Å². The second kappa shape index (κ2) is 7.78. The van der Waals surface area contributed by atoms with Crippen molar-refractivity contribution in [2.75, 3.05) is 11.9 Å². The van der Waals surface area contributed by atoms with Gasteiger partial charge in [-0.15, -0.1) is 0 Å². The van der Waals surface area contributed by atoms with Crippen molar-refractivity contribution >= 4 is 23.2 Å². The minimum absolute atomic E-state index is 0.0113. The molecule has 3 nitrogen and oxygen atoms in total. The molecule has 0 bridgehead atoms. The first-order valence-electron chi connectivity index (χ1n) is 7.53. The first-order valence-corrected chi connectivity index (χ1v) is 7.91. The van der Waals surface area contributed by atoms with E-state index < -0.39 is 22.7 Å². The Balaban J connectivity index is 1.93. The molecule has 0 spiro atoms. The van der Waals surface area contributed by atoms with Gasteiger partial charge < -0.3 is 10.1 Å². The summed E-state index contributed by atoms with van der Waals surface area (Å²) >= 11 is 5.54. The Morgan fingerprint density at radius 3 is 2.56 bits per heavy atom. The number of alkyl halides is 3. The van der Waals surface area contributed by atoms with Crippen molar-refractivity contribution < 1.29 is 22.7 Å². The zero-order chi connectivity index (χ0) is 18.6. The van der Waals surface area contributed by atoms with Gasteiger partial charge in [0.1, 0.15) is 5.75 Å². The topological polar surface area (TPSA) is 38.3 Å². The lowest BCUT2D eigenvalue weighted by atomic mass is 10.1. The fourth-order valence-corrected chi connectivity index (χ4v) is 2.38. The van der Waals surface area contributed by atoms with E-state index in [1.54, 1.807) is 0 Å². The minimum atomic E-state index is -4.58. The van der Waals surface area contributed by atoms with E-state index in [-0.39, 0.29) is 18.7 Å². The summed E-state index contributed by atoms with van der Waals surface area (Å²) in [4.78, 5) is 11.9. The predicted molar refractivity (Wildman–Crippen MR) is 91.1 cm³/mol. The highest BCUT2D eigenvalue weighted by Crippen LogP contribution is 2.36. The Hall–Kier alpha value is -2.21. The third-order valence-electron chi connectivity index (χ3n) is 3.49. The highest BCUT2D eigenvalue weighted by atomic mass is 35.5. The number of hydrogen-bond donors (Lipinski definition) is 1. The van der Waals surface area contributed by atoms with E-state index in [1.807, 2.05) is 32.0 Å². The number of halogens is 4. The van der Waals surface area contributed by atoms with Gasteiger partial charge in [-0.1, -0.05) is 23.7 Å². The van der Waals surface area contributed by atoms with Crippen LogP contribution in [-0.4, -0.2) is 12.5 Å². The lowest BCUT2D eigenvalue weighted by molar-refractivity contribution is -0.137. The van der Waals surface area contributed by atoms with Gasteiger partial charge in [-0.2, -0.15) is 13.2 Å². The summed E-state index contributed by atoms with van der Waals surface area (Å²) in [6.07, 6.45) is -4.57. The molecule has 0 radical (unpaired) electrons. The molecule has 2 aromatic carbocycles. The molecule has 0 heterocycles. The zero-order valence-corrected chi connectivity index (χ0v) is 14.5. The van der Waals surface area contributed by atoms with Gasteiger partial charge in [-0.25, -0.2) is 0 Å². The molecule has 0 saturated carbocycles. The fraction of sp³-hybridized carbons (Fsp3) is 0.278. The molecule has 0 aliphatic carbocycles. The van der Waals surface area contributed by atoms with Crippen molar-refractivity contribution in [1.82, 2.24) is 0 Å². The fourth-order valence-electron chi connectivity index (χ4n) is 2.16. The van der Waals surface area contributed by atoms with E-state index in [9.17, 15) is 18.0 Å². The summed E-state index contributed by atoms with van der Waals surface area (Å²) in [5, 5.41) is 2.00. The third kappa shape index (κ3) is 5.39. The van der Waals surface area contributed by atoms with Crippen LogP contribution in [0.5, 0.6) is 5.75 Å². The van der Waals surface area contributed by atoms with Crippen LogP contribution in [0.1, 0.15) is 23.1 Å². The normalized spacial score (nSPS) is 11.3. The van der Waals surface area contributed by atoms with E-state index in [0.717, 1.165) is 23.3 Å². The van der Waals surface area contributed by atoms with Gasteiger partial charge in [0, 0.05) is 5.69 Å². The maximum absolute atomic E-state index is 12.8. The molecule has 0 aliphatic rings.